The highest BCUT2D eigenvalue weighted by Gasteiger charge is 2.26. The minimum absolute atomic E-state index is 0.0515. The molecule has 10 heteroatoms. The zero-order valence-corrected chi connectivity index (χ0v) is 55.1. The predicted octanol–water partition coefficient (Wildman–Crippen LogP) is 23.0. The quantitative estimate of drug-likeness (QED) is 0.0264. The number of nitrogens with two attached hydrogens (primary N) is 1. The second kappa shape index (κ2) is 68.3. The molecule has 0 aromatic carbocycles. The fourth-order valence-corrected chi connectivity index (χ4v) is 10.9. The van der Waals surface area contributed by atoms with Crippen molar-refractivity contribution in [1.29, 1.82) is 0 Å². The van der Waals surface area contributed by atoms with Crippen LogP contribution >= 0.6 is 7.82 Å². The molecule has 0 aromatic heterocycles. The average molecular weight is 1180 g/mol. The van der Waals surface area contributed by atoms with Crippen LogP contribution in [0.2, 0.25) is 0 Å². The van der Waals surface area contributed by atoms with Crippen LogP contribution in [-0.4, -0.2) is 49.3 Å². The highest BCUT2D eigenvalue weighted by Crippen LogP contribution is 2.43. The number of phosphoric acid groups is 1. The predicted molar refractivity (Wildman–Crippen MR) is 358 cm³/mol. The SMILES string of the molecule is CC/C=C\C/C=C\C/C=C\C/C=C\CCCCCCCCCCCCCCCCCCCCCCCCCCCCC(=O)OC(COC(=O)CCCCCCCCCC/C=C\C/C=C\C/C=C\CCCCCCC)COP(=O)(O)OCCN. The van der Waals surface area contributed by atoms with Crippen LogP contribution in [0.4, 0.5) is 0 Å². The smallest absolute Gasteiger partial charge is 0.462 e. The van der Waals surface area contributed by atoms with Crippen molar-refractivity contribution in [1.82, 2.24) is 0 Å². The largest absolute Gasteiger partial charge is 0.472 e. The van der Waals surface area contributed by atoms with Gasteiger partial charge in [-0.2, -0.15) is 0 Å². The molecule has 0 aliphatic rings. The zero-order chi connectivity index (χ0) is 60.1. The Bertz CT molecular complexity index is 1640. The molecule has 0 fully saturated rings. The highest BCUT2D eigenvalue weighted by atomic mass is 31.2. The van der Waals surface area contributed by atoms with Gasteiger partial charge >= 0.3 is 19.8 Å². The lowest BCUT2D eigenvalue weighted by molar-refractivity contribution is -0.161. The van der Waals surface area contributed by atoms with Crippen molar-refractivity contribution < 1.29 is 37.6 Å². The molecule has 482 valence electrons. The molecule has 0 saturated carbocycles. The summed E-state index contributed by atoms with van der Waals surface area (Å²) < 4.78 is 33.2. The Morgan fingerprint density at radius 1 is 0.373 bits per heavy atom. The summed E-state index contributed by atoms with van der Waals surface area (Å²) in [7, 11) is -4.40. The summed E-state index contributed by atoms with van der Waals surface area (Å²) in [5.74, 6) is -0.823. The van der Waals surface area contributed by atoms with Crippen LogP contribution in [0.1, 0.15) is 335 Å². The van der Waals surface area contributed by atoms with E-state index in [1.54, 1.807) is 0 Å². The maximum Gasteiger partial charge on any atom is 0.472 e. The first kappa shape index (κ1) is 80.2. The minimum Gasteiger partial charge on any atom is -0.462 e. The molecule has 0 heterocycles. The van der Waals surface area contributed by atoms with Gasteiger partial charge in [-0.25, -0.2) is 4.57 Å². The van der Waals surface area contributed by atoms with E-state index < -0.39 is 26.5 Å². The Morgan fingerprint density at radius 3 is 0.988 bits per heavy atom. The van der Waals surface area contributed by atoms with Crippen molar-refractivity contribution in [3.05, 3.63) is 85.1 Å². The topological polar surface area (TPSA) is 134 Å². The summed E-state index contributed by atoms with van der Waals surface area (Å²) >= 11 is 0. The summed E-state index contributed by atoms with van der Waals surface area (Å²) in [5.41, 5.74) is 5.40. The van der Waals surface area contributed by atoms with E-state index >= 15 is 0 Å². The molecule has 0 amide bonds. The second-order valence-corrected chi connectivity index (χ2v) is 24.8. The van der Waals surface area contributed by atoms with Gasteiger partial charge in [0.2, 0.25) is 0 Å². The second-order valence-electron chi connectivity index (χ2n) is 23.4. The third-order valence-corrected chi connectivity index (χ3v) is 16.2. The van der Waals surface area contributed by atoms with E-state index in [-0.39, 0.29) is 38.6 Å². The number of hydrogen-bond acceptors (Lipinski definition) is 8. The van der Waals surface area contributed by atoms with Crippen molar-refractivity contribution in [2.45, 2.75) is 341 Å². The first-order valence-electron chi connectivity index (χ1n) is 35.1. The summed E-state index contributed by atoms with van der Waals surface area (Å²) in [5, 5.41) is 0. The molecule has 0 aliphatic heterocycles. The molecule has 83 heavy (non-hydrogen) atoms. The number of carbonyl (C=O) groups excluding carboxylic acids is 2. The van der Waals surface area contributed by atoms with E-state index in [0.29, 0.717) is 6.42 Å². The Hall–Kier alpha value is -2.81. The lowest BCUT2D eigenvalue weighted by atomic mass is 10.0. The normalized spacial score (nSPS) is 13.4. The molecule has 0 aliphatic carbocycles. The molecule has 0 saturated heterocycles. The maximum absolute atomic E-state index is 12.8. The van der Waals surface area contributed by atoms with Crippen LogP contribution in [0.3, 0.4) is 0 Å². The van der Waals surface area contributed by atoms with Gasteiger partial charge in [0.25, 0.3) is 0 Å². The number of allylic oxidation sites excluding steroid dienone is 14. The van der Waals surface area contributed by atoms with E-state index in [9.17, 15) is 19.0 Å². The molecule has 3 N–H and O–H groups in total. The number of unbranched alkanes of at least 4 members (excludes halogenated alkanes) is 39. The lowest BCUT2D eigenvalue weighted by Gasteiger charge is -2.19. The van der Waals surface area contributed by atoms with Gasteiger partial charge in [0.1, 0.15) is 6.61 Å². The van der Waals surface area contributed by atoms with Crippen LogP contribution in [0.15, 0.2) is 85.1 Å². The Morgan fingerprint density at radius 2 is 0.663 bits per heavy atom. The highest BCUT2D eigenvalue weighted by molar-refractivity contribution is 7.47. The summed E-state index contributed by atoms with van der Waals surface area (Å²) in [6, 6.07) is 0. The minimum atomic E-state index is -4.40. The van der Waals surface area contributed by atoms with Gasteiger partial charge in [0, 0.05) is 19.4 Å². The third kappa shape index (κ3) is 68.2. The van der Waals surface area contributed by atoms with Crippen LogP contribution in [-0.2, 0) is 32.7 Å². The van der Waals surface area contributed by atoms with Gasteiger partial charge in [-0.3, -0.25) is 18.6 Å². The fraction of sp³-hybridized carbons (Fsp3) is 0.781. The number of ether oxygens (including phenoxy) is 2. The molecule has 0 rings (SSSR count). The monoisotopic (exact) mass is 1180 g/mol. The van der Waals surface area contributed by atoms with Crippen LogP contribution in [0.5, 0.6) is 0 Å². The van der Waals surface area contributed by atoms with Crippen molar-refractivity contribution in [2.75, 3.05) is 26.4 Å². The summed E-state index contributed by atoms with van der Waals surface area (Å²) in [6.07, 6.45) is 91.2. The Kier molecular flexibility index (Phi) is 66.0. The van der Waals surface area contributed by atoms with Crippen molar-refractivity contribution in [3.8, 4) is 0 Å². The number of rotatable bonds is 66. The van der Waals surface area contributed by atoms with Gasteiger partial charge in [0.15, 0.2) is 6.10 Å². The first-order valence-corrected chi connectivity index (χ1v) is 36.6. The molecule has 0 aromatic rings. The van der Waals surface area contributed by atoms with E-state index in [0.717, 1.165) is 83.5 Å². The third-order valence-electron chi connectivity index (χ3n) is 15.3. The van der Waals surface area contributed by atoms with Crippen molar-refractivity contribution >= 4 is 19.8 Å². The average Bonchev–Trinajstić information content (AvgIpc) is 3.48. The fourth-order valence-electron chi connectivity index (χ4n) is 10.1. The van der Waals surface area contributed by atoms with Gasteiger partial charge in [0.05, 0.1) is 13.2 Å². The number of phosphoric ester groups is 1. The van der Waals surface area contributed by atoms with Crippen molar-refractivity contribution in [2.24, 2.45) is 5.73 Å². The molecule has 2 atom stereocenters. The molecule has 0 radical (unpaired) electrons. The zero-order valence-electron chi connectivity index (χ0n) is 54.2. The standard InChI is InChI=1S/C73H132NO8P/c1-3-5-7-9-11-13-15-17-19-21-23-25-27-28-29-30-31-32-33-34-35-36-37-38-39-40-41-42-44-46-48-50-52-54-56-58-60-62-64-66-73(76)82-71(70-81-83(77,78)80-68-67-74)69-79-72(75)65-63-61-59-57-55-53-51-49-47-45-43-26-24-22-20-18-16-14-12-10-8-6-4-2/h5,7,11,13,16-19,22-25,43,45,71H,3-4,6,8-10,12,14-15,20-21,26-42,44,46-70,74H2,1-2H3,(H,77,78)/b7-5-,13-11-,18-16-,19-17-,24-22-,25-23-,45-43-. The molecule has 9 nitrogen and oxygen atoms in total. The molecule has 2 unspecified atom stereocenters. The Labute approximate surface area is 513 Å². The van der Waals surface area contributed by atoms with E-state index in [2.05, 4.69) is 98.9 Å². The summed E-state index contributed by atoms with van der Waals surface area (Å²) in [4.78, 5) is 35.3. The van der Waals surface area contributed by atoms with E-state index in [4.69, 9.17) is 24.3 Å². The van der Waals surface area contributed by atoms with E-state index in [1.165, 1.54) is 218 Å². The molecule has 0 bridgehead atoms. The van der Waals surface area contributed by atoms with Crippen molar-refractivity contribution in [3.63, 3.8) is 0 Å². The van der Waals surface area contributed by atoms with Gasteiger partial charge < -0.3 is 20.1 Å². The number of carbonyl (C=O) groups is 2. The summed E-state index contributed by atoms with van der Waals surface area (Å²) in [6.45, 7) is 3.65. The number of esters is 2. The maximum atomic E-state index is 12.8. The van der Waals surface area contributed by atoms with Crippen LogP contribution in [0.25, 0.3) is 0 Å². The van der Waals surface area contributed by atoms with Gasteiger partial charge in [-0.15, -0.1) is 0 Å². The molecular weight excluding hydrogens is 1050 g/mol. The van der Waals surface area contributed by atoms with E-state index in [1.807, 2.05) is 0 Å². The van der Waals surface area contributed by atoms with Crippen LogP contribution < -0.4 is 5.73 Å². The van der Waals surface area contributed by atoms with Crippen LogP contribution in [0, 0.1) is 0 Å². The van der Waals surface area contributed by atoms with Gasteiger partial charge in [-0.1, -0.05) is 317 Å². The lowest BCUT2D eigenvalue weighted by Crippen LogP contribution is -2.29. The number of hydrogen-bond donors (Lipinski definition) is 2. The first-order chi connectivity index (χ1) is 40.8. The van der Waals surface area contributed by atoms with Gasteiger partial charge in [-0.05, 0) is 89.9 Å². The Balaban J connectivity index is 3.81. The molecule has 0 spiro atoms. The molecular formula is C73H132NO8P.